The number of ether oxygens (including phenoxy) is 1. The van der Waals surface area contributed by atoms with E-state index in [0.29, 0.717) is 11.5 Å². The van der Waals surface area contributed by atoms with Gasteiger partial charge < -0.3 is 9.26 Å². The van der Waals surface area contributed by atoms with E-state index in [1.165, 1.54) is 0 Å². The number of esters is 1. The van der Waals surface area contributed by atoms with Gasteiger partial charge in [-0.25, -0.2) is 4.68 Å². The quantitative estimate of drug-likeness (QED) is 0.458. The largest absolute Gasteiger partial charge is 0.460 e. The lowest BCUT2D eigenvalue weighted by molar-refractivity contribution is -0.144. The molecule has 0 saturated heterocycles. The molecule has 2 heterocycles. The topological polar surface area (TPSA) is 70.2 Å². The van der Waals surface area contributed by atoms with Gasteiger partial charge in [0.25, 0.3) is 0 Å². The molecule has 0 unspecified atom stereocenters. The van der Waals surface area contributed by atoms with Gasteiger partial charge >= 0.3 is 5.97 Å². The van der Waals surface area contributed by atoms with Gasteiger partial charge in [0.1, 0.15) is 12.4 Å². The molecule has 0 aliphatic carbocycles. The fraction of sp³-hybridized carbons (Fsp3) is 0.174. The molecule has 146 valence electrons. The summed E-state index contributed by atoms with van der Waals surface area (Å²) >= 11 is 0. The van der Waals surface area contributed by atoms with Crippen LogP contribution in [-0.4, -0.2) is 20.9 Å². The summed E-state index contributed by atoms with van der Waals surface area (Å²) in [6.45, 7) is 3.75. The molecule has 0 saturated carbocycles. The molecular formula is C23H21N3O3. The summed E-state index contributed by atoms with van der Waals surface area (Å²) in [5.41, 5.74) is 5.03. The molecule has 0 aliphatic rings. The van der Waals surface area contributed by atoms with E-state index in [-0.39, 0.29) is 19.0 Å². The van der Waals surface area contributed by atoms with Crippen molar-refractivity contribution in [2.24, 2.45) is 0 Å². The van der Waals surface area contributed by atoms with Crippen LogP contribution in [0.2, 0.25) is 0 Å². The highest BCUT2D eigenvalue weighted by atomic mass is 16.5. The smallest absolute Gasteiger partial charge is 0.310 e. The Labute approximate surface area is 168 Å². The number of benzene rings is 2. The average Bonchev–Trinajstić information content (AvgIpc) is 3.32. The molecule has 4 rings (SSSR count). The average molecular weight is 387 g/mol. The van der Waals surface area contributed by atoms with Crippen molar-refractivity contribution >= 4 is 5.97 Å². The van der Waals surface area contributed by atoms with Crippen LogP contribution in [0.5, 0.6) is 0 Å². The van der Waals surface area contributed by atoms with Crippen LogP contribution in [-0.2, 0) is 22.6 Å². The van der Waals surface area contributed by atoms with E-state index in [9.17, 15) is 4.79 Å². The molecule has 0 aliphatic heterocycles. The molecule has 0 N–H and O–H groups in total. The number of aryl methyl sites for hydroxylation is 2. The van der Waals surface area contributed by atoms with E-state index in [1.54, 1.807) is 11.6 Å². The Morgan fingerprint density at radius 1 is 1.03 bits per heavy atom. The number of aromatic nitrogens is 3. The number of carbonyl (C=O) groups is 1. The first-order valence-corrected chi connectivity index (χ1v) is 9.38. The Hall–Kier alpha value is -3.67. The van der Waals surface area contributed by atoms with Crippen LogP contribution >= 0.6 is 0 Å². The summed E-state index contributed by atoms with van der Waals surface area (Å²) < 4.78 is 12.5. The number of para-hydroxylation sites is 1. The van der Waals surface area contributed by atoms with E-state index in [4.69, 9.17) is 14.4 Å². The highest BCUT2D eigenvalue weighted by Gasteiger charge is 2.17. The van der Waals surface area contributed by atoms with E-state index in [2.05, 4.69) is 5.16 Å². The van der Waals surface area contributed by atoms with Crippen molar-refractivity contribution in [3.05, 3.63) is 89.4 Å². The maximum atomic E-state index is 12.4. The third-order valence-electron chi connectivity index (χ3n) is 4.75. The monoisotopic (exact) mass is 387 g/mol. The minimum Gasteiger partial charge on any atom is -0.460 e. The molecule has 6 heteroatoms. The van der Waals surface area contributed by atoms with Crippen LogP contribution in [0.25, 0.3) is 16.9 Å². The van der Waals surface area contributed by atoms with Crippen molar-refractivity contribution in [1.82, 2.24) is 14.9 Å². The zero-order chi connectivity index (χ0) is 20.2. The highest BCUT2D eigenvalue weighted by Crippen LogP contribution is 2.24. The van der Waals surface area contributed by atoms with Crippen LogP contribution in [0.15, 0.2) is 71.4 Å². The highest BCUT2D eigenvalue weighted by molar-refractivity contribution is 5.73. The zero-order valence-corrected chi connectivity index (χ0v) is 16.3. The van der Waals surface area contributed by atoms with Gasteiger partial charge in [-0.3, -0.25) is 4.79 Å². The van der Waals surface area contributed by atoms with Crippen molar-refractivity contribution in [2.75, 3.05) is 0 Å². The molecule has 0 atom stereocenters. The number of hydrogen-bond acceptors (Lipinski definition) is 5. The third kappa shape index (κ3) is 4.11. The normalized spacial score (nSPS) is 10.8. The van der Waals surface area contributed by atoms with E-state index >= 15 is 0 Å². The predicted octanol–water partition coefficient (Wildman–Crippen LogP) is 4.43. The van der Waals surface area contributed by atoms with Gasteiger partial charge in [0.15, 0.2) is 0 Å². The summed E-state index contributed by atoms with van der Waals surface area (Å²) in [6.07, 6.45) is 2.04. The molecule has 0 radical (unpaired) electrons. The zero-order valence-electron chi connectivity index (χ0n) is 16.3. The lowest BCUT2D eigenvalue weighted by atomic mass is 10.1. The lowest BCUT2D eigenvalue weighted by Crippen LogP contribution is -2.09. The SMILES string of the molecule is Cc1noc(C)c1CC(=O)OCc1cn(-c2ccccc2)nc1-c1ccccc1. The number of hydrogen-bond donors (Lipinski definition) is 0. The molecule has 29 heavy (non-hydrogen) atoms. The molecule has 4 aromatic rings. The number of rotatable bonds is 6. The van der Waals surface area contributed by atoms with E-state index in [0.717, 1.165) is 28.1 Å². The van der Waals surface area contributed by atoms with Crippen LogP contribution < -0.4 is 0 Å². The third-order valence-corrected chi connectivity index (χ3v) is 4.75. The Morgan fingerprint density at radius 2 is 1.72 bits per heavy atom. The van der Waals surface area contributed by atoms with Crippen LogP contribution in [0.3, 0.4) is 0 Å². The summed E-state index contributed by atoms with van der Waals surface area (Å²) in [5, 5.41) is 8.62. The molecule has 0 spiro atoms. The second-order valence-electron chi connectivity index (χ2n) is 6.79. The number of nitrogens with zero attached hydrogens (tertiary/aromatic N) is 3. The summed E-state index contributed by atoms with van der Waals surface area (Å²) in [6, 6.07) is 19.7. The molecule has 0 fully saturated rings. The first-order valence-electron chi connectivity index (χ1n) is 9.38. The Kier molecular flexibility index (Phi) is 5.24. The van der Waals surface area contributed by atoms with Crippen LogP contribution in [0, 0.1) is 13.8 Å². The molecule has 2 aromatic carbocycles. The first-order chi connectivity index (χ1) is 14.1. The van der Waals surface area contributed by atoms with Gasteiger partial charge in [-0.05, 0) is 26.0 Å². The molecular weight excluding hydrogens is 366 g/mol. The fourth-order valence-corrected chi connectivity index (χ4v) is 3.18. The Balaban J connectivity index is 1.57. The van der Waals surface area contributed by atoms with Gasteiger partial charge in [0.05, 0.1) is 23.5 Å². The lowest BCUT2D eigenvalue weighted by Gasteiger charge is -2.05. The van der Waals surface area contributed by atoms with Crippen molar-refractivity contribution in [3.63, 3.8) is 0 Å². The summed E-state index contributed by atoms with van der Waals surface area (Å²) in [7, 11) is 0. The van der Waals surface area contributed by atoms with Crippen LogP contribution in [0.1, 0.15) is 22.6 Å². The van der Waals surface area contributed by atoms with E-state index < -0.39 is 0 Å². The minimum atomic E-state index is -0.328. The predicted molar refractivity (Wildman–Crippen MR) is 108 cm³/mol. The van der Waals surface area contributed by atoms with Gasteiger partial charge in [0.2, 0.25) is 0 Å². The van der Waals surface area contributed by atoms with Crippen molar-refractivity contribution in [1.29, 1.82) is 0 Å². The van der Waals surface area contributed by atoms with Gasteiger partial charge in [-0.15, -0.1) is 0 Å². The molecule has 0 bridgehead atoms. The molecule has 6 nitrogen and oxygen atoms in total. The second kappa shape index (κ2) is 8.14. The molecule has 2 aromatic heterocycles. The fourth-order valence-electron chi connectivity index (χ4n) is 3.18. The van der Waals surface area contributed by atoms with Crippen molar-refractivity contribution < 1.29 is 14.1 Å². The minimum absolute atomic E-state index is 0.134. The Morgan fingerprint density at radius 3 is 2.38 bits per heavy atom. The van der Waals surface area contributed by atoms with Gasteiger partial charge in [-0.2, -0.15) is 5.10 Å². The summed E-state index contributed by atoms with van der Waals surface area (Å²) in [4.78, 5) is 12.4. The van der Waals surface area contributed by atoms with Gasteiger partial charge in [-0.1, -0.05) is 53.7 Å². The van der Waals surface area contributed by atoms with Crippen molar-refractivity contribution in [2.45, 2.75) is 26.9 Å². The summed E-state index contributed by atoms with van der Waals surface area (Å²) in [5.74, 6) is 0.312. The number of carbonyl (C=O) groups excluding carboxylic acids is 1. The van der Waals surface area contributed by atoms with Crippen LogP contribution in [0.4, 0.5) is 0 Å². The molecule has 0 amide bonds. The van der Waals surface area contributed by atoms with Gasteiger partial charge in [0, 0.05) is 22.9 Å². The maximum Gasteiger partial charge on any atom is 0.310 e. The maximum absolute atomic E-state index is 12.4. The van der Waals surface area contributed by atoms with Crippen molar-refractivity contribution in [3.8, 4) is 16.9 Å². The second-order valence-corrected chi connectivity index (χ2v) is 6.79. The first kappa shape index (κ1) is 18.7. The van der Waals surface area contributed by atoms with E-state index in [1.807, 2.05) is 73.8 Å². The standard InChI is InChI=1S/C23H21N3O3/c1-16-21(17(2)29-25-16)13-22(27)28-15-19-14-26(20-11-7-4-8-12-20)24-23(19)18-9-5-3-6-10-18/h3-12,14H,13,15H2,1-2H3. The Bertz CT molecular complexity index is 1100.